The van der Waals surface area contributed by atoms with Gasteiger partial charge in [-0.25, -0.2) is 4.98 Å². The van der Waals surface area contributed by atoms with Gasteiger partial charge in [0.2, 0.25) is 5.43 Å². The van der Waals surface area contributed by atoms with Crippen molar-refractivity contribution in [1.82, 2.24) is 4.98 Å². The number of hydrogen-bond acceptors (Lipinski definition) is 5. The van der Waals surface area contributed by atoms with E-state index in [9.17, 15) is 4.79 Å². The Balaban J connectivity index is 2.43. The van der Waals surface area contributed by atoms with E-state index in [1.165, 1.54) is 24.5 Å². The van der Waals surface area contributed by atoms with Gasteiger partial charge in [-0.1, -0.05) is 11.6 Å². The molecule has 1 aromatic rings. The Bertz CT molecular complexity index is 831. The number of nitrogens with zero attached hydrogens (tertiary/aromatic N) is 1. The molecule has 102 valence electrons. The third-order valence-corrected chi connectivity index (χ3v) is 4.59. The number of aromatic nitrogens is 1. The van der Waals surface area contributed by atoms with Crippen molar-refractivity contribution in [2.75, 3.05) is 14.2 Å². The van der Waals surface area contributed by atoms with Gasteiger partial charge in [-0.2, -0.15) is 0 Å². The summed E-state index contributed by atoms with van der Waals surface area (Å²) in [6.07, 6.45) is 0. The first-order valence-electron chi connectivity index (χ1n) is 5.79. The Kier molecular flexibility index (Phi) is 3.23. The number of halogens is 1. The van der Waals surface area contributed by atoms with Gasteiger partial charge in [-0.05, 0) is 18.2 Å². The van der Waals surface area contributed by atoms with Crippen LogP contribution in [0.1, 0.15) is 0 Å². The fraction of sp³-hybridized carbons (Fsp3) is 0.143. The number of ether oxygens (including phenoxy) is 2. The molecule has 0 radical (unpaired) electrons. The highest BCUT2D eigenvalue weighted by atomic mass is 35.5. The SMILES string of the molecule is COc1ccc2nc3c(OC)cc(=O)c(Cl)c-3sc2c1. The predicted octanol–water partition coefficient (Wildman–Crippen LogP) is 3.43. The fourth-order valence-corrected chi connectivity index (χ4v) is 3.27. The molecule has 4 nitrogen and oxygen atoms in total. The van der Waals surface area contributed by atoms with Gasteiger partial charge in [0.25, 0.3) is 0 Å². The summed E-state index contributed by atoms with van der Waals surface area (Å²) in [6, 6.07) is 6.93. The molecule has 0 saturated heterocycles. The van der Waals surface area contributed by atoms with Gasteiger partial charge >= 0.3 is 0 Å². The molecule has 0 bridgehead atoms. The molecule has 0 saturated carbocycles. The number of rotatable bonds is 2. The molecule has 0 amide bonds. The summed E-state index contributed by atoms with van der Waals surface area (Å²) in [6.45, 7) is 0. The van der Waals surface area contributed by atoms with Gasteiger partial charge in [0, 0.05) is 6.07 Å². The molecule has 2 aliphatic rings. The Labute approximate surface area is 123 Å². The van der Waals surface area contributed by atoms with Gasteiger partial charge in [0.05, 0.1) is 29.3 Å². The highest BCUT2D eigenvalue weighted by molar-refractivity contribution is 7.22. The summed E-state index contributed by atoms with van der Waals surface area (Å²) in [4.78, 5) is 17.0. The molecule has 0 N–H and O–H groups in total. The lowest BCUT2D eigenvalue weighted by Gasteiger charge is -2.12. The summed E-state index contributed by atoms with van der Waals surface area (Å²) in [5.41, 5.74) is 1.13. The molecule has 1 aliphatic carbocycles. The van der Waals surface area contributed by atoms with Crippen LogP contribution in [0.2, 0.25) is 5.02 Å². The molecule has 0 atom stereocenters. The molecule has 0 unspecified atom stereocenters. The van der Waals surface area contributed by atoms with E-state index in [0.717, 1.165) is 16.0 Å². The first-order valence-corrected chi connectivity index (χ1v) is 6.98. The summed E-state index contributed by atoms with van der Waals surface area (Å²) < 4.78 is 11.3. The molecule has 1 heterocycles. The van der Waals surface area contributed by atoms with Crippen LogP contribution in [-0.2, 0) is 0 Å². The zero-order chi connectivity index (χ0) is 14.3. The number of methoxy groups -OCH3 is 2. The second-order valence-electron chi connectivity index (χ2n) is 4.12. The van der Waals surface area contributed by atoms with Crippen molar-refractivity contribution in [1.29, 1.82) is 0 Å². The van der Waals surface area contributed by atoms with E-state index in [2.05, 4.69) is 4.98 Å². The van der Waals surface area contributed by atoms with Gasteiger partial charge in [-0.3, -0.25) is 4.79 Å². The van der Waals surface area contributed by atoms with Crippen molar-refractivity contribution in [2.45, 2.75) is 0 Å². The standard InChI is InChI=1S/C14H10ClNO3S/c1-18-7-3-4-8-11(5-7)20-14-12(15)9(17)6-10(19-2)13(14)16-8/h3-6H,1-2H3. The van der Waals surface area contributed by atoms with Crippen LogP contribution < -0.4 is 14.9 Å². The molecular formula is C14H10ClNO3S. The van der Waals surface area contributed by atoms with Gasteiger partial charge in [-0.15, -0.1) is 11.3 Å². The fourth-order valence-electron chi connectivity index (χ4n) is 1.96. The second kappa shape index (κ2) is 4.92. The number of fused-ring (bicyclic) bond motifs is 2. The monoisotopic (exact) mass is 307 g/mol. The Morgan fingerprint density at radius 1 is 1.20 bits per heavy atom. The summed E-state index contributed by atoms with van der Waals surface area (Å²) in [7, 11) is 3.11. The highest BCUT2D eigenvalue weighted by Gasteiger charge is 2.19. The zero-order valence-corrected chi connectivity index (χ0v) is 12.3. The van der Waals surface area contributed by atoms with Crippen molar-refractivity contribution >= 4 is 33.2 Å². The third-order valence-electron chi connectivity index (χ3n) is 2.96. The molecule has 6 heteroatoms. The zero-order valence-electron chi connectivity index (χ0n) is 10.8. The van der Waals surface area contributed by atoms with Gasteiger partial charge < -0.3 is 9.47 Å². The maximum atomic E-state index is 11.8. The summed E-state index contributed by atoms with van der Waals surface area (Å²) in [5, 5.41) is 0.169. The third kappa shape index (κ3) is 1.99. The van der Waals surface area contributed by atoms with Crippen LogP contribution in [0.25, 0.3) is 20.8 Å². The Morgan fingerprint density at radius 3 is 2.70 bits per heavy atom. The van der Waals surface area contributed by atoms with Crippen LogP contribution in [0.3, 0.4) is 0 Å². The van der Waals surface area contributed by atoms with Crippen molar-refractivity contribution in [3.8, 4) is 22.1 Å². The lowest BCUT2D eigenvalue weighted by molar-refractivity contribution is 0.414. The van der Waals surface area contributed by atoms with Gasteiger partial charge in [0.15, 0.2) is 0 Å². The van der Waals surface area contributed by atoms with Crippen LogP contribution >= 0.6 is 22.9 Å². The topological polar surface area (TPSA) is 48.4 Å². The number of hydrogen-bond donors (Lipinski definition) is 0. The Morgan fingerprint density at radius 2 is 2.00 bits per heavy atom. The minimum Gasteiger partial charge on any atom is -0.497 e. The molecule has 20 heavy (non-hydrogen) atoms. The summed E-state index contributed by atoms with van der Waals surface area (Å²) in [5.74, 6) is 1.17. The van der Waals surface area contributed by atoms with Crippen LogP contribution in [0, 0.1) is 0 Å². The first-order chi connectivity index (χ1) is 9.63. The van der Waals surface area contributed by atoms with E-state index in [-0.39, 0.29) is 10.5 Å². The van der Waals surface area contributed by atoms with Crippen LogP contribution in [0.4, 0.5) is 0 Å². The van der Waals surface area contributed by atoms with E-state index in [0.29, 0.717) is 16.3 Å². The lowest BCUT2D eigenvalue weighted by atomic mass is 10.2. The molecule has 0 aromatic heterocycles. The van der Waals surface area contributed by atoms with Crippen molar-refractivity contribution in [3.05, 3.63) is 39.5 Å². The average molecular weight is 308 g/mol. The number of benzene rings is 2. The molecule has 0 spiro atoms. The summed E-state index contributed by atoms with van der Waals surface area (Å²) >= 11 is 7.50. The van der Waals surface area contributed by atoms with Crippen molar-refractivity contribution in [3.63, 3.8) is 0 Å². The maximum absolute atomic E-state index is 11.8. The van der Waals surface area contributed by atoms with E-state index < -0.39 is 0 Å². The first kappa shape index (κ1) is 13.1. The average Bonchev–Trinajstić information content (AvgIpc) is 2.48. The van der Waals surface area contributed by atoms with E-state index in [1.807, 2.05) is 18.2 Å². The smallest absolute Gasteiger partial charge is 0.202 e. The lowest BCUT2D eigenvalue weighted by Crippen LogP contribution is -2.05. The normalized spacial score (nSPS) is 10.9. The Hall–Kier alpha value is -1.85. The molecule has 0 fully saturated rings. The van der Waals surface area contributed by atoms with Crippen LogP contribution in [0.5, 0.6) is 11.5 Å². The van der Waals surface area contributed by atoms with E-state index in [1.54, 1.807) is 7.11 Å². The highest BCUT2D eigenvalue weighted by Crippen LogP contribution is 2.40. The van der Waals surface area contributed by atoms with E-state index >= 15 is 0 Å². The molecule has 1 aliphatic heterocycles. The molecular weight excluding hydrogens is 298 g/mol. The second-order valence-corrected chi connectivity index (χ2v) is 5.55. The van der Waals surface area contributed by atoms with Crippen molar-refractivity contribution in [2.24, 2.45) is 0 Å². The minimum atomic E-state index is -0.267. The van der Waals surface area contributed by atoms with Crippen molar-refractivity contribution < 1.29 is 9.47 Å². The maximum Gasteiger partial charge on any atom is 0.202 e. The minimum absolute atomic E-state index is 0.169. The van der Waals surface area contributed by atoms with E-state index in [4.69, 9.17) is 21.1 Å². The van der Waals surface area contributed by atoms with Gasteiger partial charge in [0.1, 0.15) is 22.2 Å². The van der Waals surface area contributed by atoms with Crippen LogP contribution in [-0.4, -0.2) is 19.2 Å². The largest absolute Gasteiger partial charge is 0.497 e. The quantitative estimate of drug-likeness (QED) is 0.681. The molecule has 3 rings (SSSR count). The predicted molar refractivity (Wildman–Crippen MR) is 80.6 cm³/mol. The van der Waals surface area contributed by atoms with Crippen LogP contribution in [0.15, 0.2) is 29.1 Å². The molecule has 1 aromatic carbocycles.